The van der Waals surface area contributed by atoms with E-state index in [-0.39, 0.29) is 18.7 Å². The zero-order valence-corrected chi connectivity index (χ0v) is 8.59. The third-order valence-electron chi connectivity index (χ3n) is 2.67. The van der Waals surface area contributed by atoms with Crippen LogP contribution in [0.1, 0.15) is 11.8 Å². The van der Waals surface area contributed by atoms with E-state index in [2.05, 4.69) is 0 Å². The molecule has 82 valence electrons. The molecule has 1 aliphatic rings. The van der Waals surface area contributed by atoms with E-state index in [0.29, 0.717) is 13.1 Å². The maximum absolute atomic E-state index is 11.7. The molecule has 1 aromatic heterocycles. The zero-order valence-electron chi connectivity index (χ0n) is 8.59. The molecule has 0 saturated carbocycles. The Balaban J connectivity index is 2.13. The average molecular weight is 210 g/mol. The van der Waals surface area contributed by atoms with Crippen molar-refractivity contribution in [1.82, 2.24) is 9.80 Å². The van der Waals surface area contributed by atoms with Gasteiger partial charge in [-0.3, -0.25) is 0 Å². The van der Waals surface area contributed by atoms with Gasteiger partial charge < -0.3 is 19.3 Å². The maximum atomic E-state index is 11.7. The molecule has 1 aromatic rings. The number of carbonyl (C=O) groups is 1. The Hall–Kier alpha value is -1.49. The largest absolute Gasteiger partial charge is 0.467 e. The van der Waals surface area contributed by atoms with Crippen LogP contribution in [0, 0.1) is 0 Å². The molecule has 1 fully saturated rings. The molecule has 0 aromatic carbocycles. The molecule has 15 heavy (non-hydrogen) atoms. The van der Waals surface area contributed by atoms with E-state index in [1.54, 1.807) is 23.1 Å². The van der Waals surface area contributed by atoms with Crippen LogP contribution in [0.5, 0.6) is 0 Å². The molecular formula is C10H14N2O3. The Morgan fingerprint density at radius 3 is 3.07 bits per heavy atom. The normalized spacial score (nSPS) is 21.5. The minimum absolute atomic E-state index is 0.00947. The number of urea groups is 1. The minimum Gasteiger partial charge on any atom is -0.467 e. The molecule has 5 nitrogen and oxygen atoms in total. The number of likely N-dealkylation sites (N-methyl/N-ethyl adjacent to an activating group) is 1. The summed E-state index contributed by atoms with van der Waals surface area (Å²) in [6.07, 6.45) is 1.60. The lowest BCUT2D eigenvalue weighted by Gasteiger charge is -2.15. The van der Waals surface area contributed by atoms with Gasteiger partial charge in [-0.2, -0.15) is 0 Å². The van der Waals surface area contributed by atoms with E-state index in [9.17, 15) is 4.79 Å². The van der Waals surface area contributed by atoms with Gasteiger partial charge in [0.15, 0.2) is 0 Å². The summed E-state index contributed by atoms with van der Waals surface area (Å²) >= 11 is 0. The molecule has 1 N–H and O–H groups in total. The van der Waals surface area contributed by atoms with Crippen molar-refractivity contribution in [3.8, 4) is 0 Å². The molecule has 0 bridgehead atoms. The first kappa shape index (κ1) is 10.0. The number of amides is 2. The van der Waals surface area contributed by atoms with Gasteiger partial charge in [0.2, 0.25) is 0 Å². The second kappa shape index (κ2) is 3.94. The Labute approximate surface area is 87.9 Å². The second-order valence-electron chi connectivity index (χ2n) is 3.59. The lowest BCUT2D eigenvalue weighted by atomic mass is 10.2. The van der Waals surface area contributed by atoms with Crippen molar-refractivity contribution >= 4 is 6.03 Å². The van der Waals surface area contributed by atoms with Gasteiger partial charge in [0.25, 0.3) is 0 Å². The number of nitrogens with zero attached hydrogens (tertiary/aromatic N) is 2. The van der Waals surface area contributed by atoms with Gasteiger partial charge in [0.05, 0.1) is 19.4 Å². The van der Waals surface area contributed by atoms with Crippen LogP contribution >= 0.6 is 0 Å². The van der Waals surface area contributed by atoms with Gasteiger partial charge >= 0.3 is 6.03 Å². The first-order valence-electron chi connectivity index (χ1n) is 4.90. The summed E-state index contributed by atoms with van der Waals surface area (Å²) in [7, 11) is 1.74. The standard InChI is InChI=1S/C10H14N2O3/c1-11-8(9-3-2-6-15-9)7-12(4-5-13)10(11)14/h2-3,6,8,13H,4-5,7H2,1H3. The summed E-state index contributed by atoms with van der Waals surface area (Å²) in [5.74, 6) is 0.784. The van der Waals surface area contributed by atoms with E-state index >= 15 is 0 Å². The molecule has 1 atom stereocenters. The summed E-state index contributed by atoms with van der Waals surface area (Å²) in [6, 6.07) is 3.56. The maximum Gasteiger partial charge on any atom is 0.320 e. The van der Waals surface area contributed by atoms with Gasteiger partial charge in [0, 0.05) is 13.6 Å². The smallest absolute Gasteiger partial charge is 0.320 e. The Bertz CT molecular complexity index is 336. The number of β-amino-alcohol motifs (C(OH)–C–C–N with tert-alkyl or cyclic N) is 1. The quantitative estimate of drug-likeness (QED) is 0.798. The van der Waals surface area contributed by atoms with Crippen LogP contribution in [0.2, 0.25) is 0 Å². The summed E-state index contributed by atoms with van der Waals surface area (Å²) in [5.41, 5.74) is 0. The molecule has 0 spiro atoms. The highest BCUT2D eigenvalue weighted by Crippen LogP contribution is 2.27. The highest BCUT2D eigenvalue weighted by atomic mass is 16.3. The molecule has 1 saturated heterocycles. The second-order valence-corrected chi connectivity index (χ2v) is 3.59. The van der Waals surface area contributed by atoms with E-state index in [4.69, 9.17) is 9.52 Å². The summed E-state index contributed by atoms with van der Waals surface area (Å²) in [5, 5.41) is 8.81. The predicted molar refractivity (Wildman–Crippen MR) is 53.3 cm³/mol. The monoisotopic (exact) mass is 210 g/mol. The fourth-order valence-electron chi connectivity index (χ4n) is 1.84. The molecule has 2 rings (SSSR count). The molecule has 1 unspecified atom stereocenters. The summed E-state index contributed by atoms with van der Waals surface area (Å²) in [6.45, 7) is 0.939. The number of furan rings is 1. The molecule has 0 aliphatic carbocycles. The van der Waals surface area contributed by atoms with E-state index < -0.39 is 0 Å². The number of hydrogen-bond acceptors (Lipinski definition) is 3. The third kappa shape index (κ3) is 1.70. The number of aliphatic hydroxyl groups is 1. The first-order chi connectivity index (χ1) is 7.24. The van der Waals surface area contributed by atoms with Gasteiger partial charge in [-0.05, 0) is 12.1 Å². The Morgan fingerprint density at radius 2 is 2.47 bits per heavy atom. The highest BCUT2D eigenvalue weighted by Gasteiger charge is 2.36. The van der Waals surface area contributed by atoms with Crippen molar-refractivity contribution in [3.63, 3.8) is 0 Å². The topological polar surface area (TPSA) is 56.9 Å². The number of carbonyl (C=O) groups excluding carboxylic acids is 1. The fraction of sp³-hybridized carbons (Fsp3) is 0.500. The van der Waals surface area contributed by atoms with Crippen LogP contribution in [0.25, 0.3) is 0 Å². The van der Waals surface area contributed by atoms with Crippen molar-refractivity contribution in [2.45, 2.75) is 6.04 Å². The van der Waals surface area contributed by atoms with Gasteiger partial charge in [-0.25, -0.2) is 4.79 Å². The molecule has 0 radical (unpaired) electrons. The van der Waals surface area contributed by atoms with Crippen LogP contribution in [0.3, 0.4) is 0 Å². The molecular weight excluding hydrogens is 196 g/mol. The van der Waals surface area contributed by atoms with Crippen LogP contribution in [0.15, 0.2) is 22.8 Å². The fourth-order valence-corrected chi connectivity index (χ4v) is 1.84. The van der Waals surface area contributed by atoms with Crippen LogP contribution in [-0.4, -0.2) is 47.7 Å². The SMILES string of the molecule is CN1C(=O)N(CCO)CC1c1ccco1. The van der Waals surface area contributed by atoms with Crippen molar-refractivity contribution in [2.75, 3.05) is 26.7 Å². The van der Waals surface area contributed by atoms with Crippen molar-refractivity contribution in [1.29, 1.82) is 0 Å². The van der Waals surface area contributed by atoms with E-state index in [1.807, 2.05) is 12.1 Å². The van der Waals surface area contributed by atoms with Crippen LogP contribution < -0.4 is 0 Å². The Kier molecular flexibility index (Phi) is 2.64. The van der Waals surface area contributed by atoms with Crippen LogP contribution in [0.4, 0.5) is 4.79 Å². The van der Waals surface area contributed by atoms with Crippen molar-refractivity contribution in [2.24, 2.45) is 0 Å². The first-order valence-corrected chi connectivity index (χ1v) is 4.90. The zero-order chi connectivity index (χ0) is 10.8. The van der Waals surface area contributed by atoms with Gasteiger partial charge in [-0.15, -0.1) is 0 Å². The van der Waals surface area contributed by atoms with Crippen LogP contribution in [-0.2, 0) is 0 Å². The van der Waals surface area contributed by atoms with Gasteiger partial charge in [-0.1, -0.05) is 0 Å². The average Bonchev–Trinajstić information content (AvgIpc) is 2.82. The molecule has 5 heteroatoms. The van der Waals surface area contributed by atoms with Crippen molar-refractivity contribution in [3.05, 3.63) is 24.2 Å². The summed E-state index contributed by atoms with van der Waals surface area (Å²) in [4.78, 5) is 15.0. The van der Waals surface area contributed by atoms with Gasteiger partial charge in [0.1, 0.15) is 11.8 Å². The lowest BCUT2D eigenvalue weighted by molar-refractivity contribution is 0.182. The predicted octanol–water partition coefficient (Wildman–Crippen LogP) is 0.680. The highest BCUT2D eigenvalue weighted by molar-refractivity contribution is 5.77. The molecule has 2 amide bonds. The molecule has 1 aliphatic heterocycles. The van der Waals surface area contributed by atoms with E-state index in [0.717, 1.165) is 5.76 Å². The molecule has 2 heterocycles. The number of hydrogen-bond donors (Lipinski definition) is 1. The number of rotatable bonds is 3. The van der Waals surface area contributed by atoms with Crippen molar-refractivity contribution < 1.29 is 14.3 Å². The third-order valence-corrected chi connectivity index (χ3v) is 2.67. The summed E-state index contributed by atoms with van der Waals surface area (Å²) < 4.78 is 5.28. The minimum atomic E-state index is -0.0644. The Morgan fingerprint density at radius 1 is 1.67 bits per heavy atom. The lowest BCUT2D eigenvalue weighted by Crippen LogP contribution is -2.31. The number of aliphatic hydroxyl groups excluding tert-OH is 1. The van der Waals surface area contributed by atoms with E-state index in [1.165, 1.54) is 0 Å².